The minimum absolute atomic E-state index is 0.346. The van der Waals surface area contributed by atoms with Gasteiger partial charge in [-0.15, -0.1) is 0 Å². The number of hydrogen-bond acceptors (Lipinski definition) is 4. The van der Waals surface area contributed by atoms with Gasteiger partial charge in [-0.2, -0.15) is 0 Å². The fourth-order valence-electron chi connectivity index (χ4n) is 1.43. The molecule has 86 valence electrons. The SMILES string of the molecule is O=C(O)c1cc(-n2ccnc2)ccc1[N+](=O)[O-]. The molecule has 0 radical (unpaired) electrons. The lowest BCUT2D eigenvalue weighted by atomic mass is 10.1. The quantitative estimate of drug-likeness (QED) is 0.639. The van der Waals surface area contributed by atoms with Crippen LogP contribution in [0.25, 0.3) is 5.69 Å². The van der Waals surface area contributed by atoms with Gasteiger partial charge in [0.15, 0.2) is 0 Å². The van der Waals surface area contributed by atoms with Crippen molar-refractivity contribution in [2.75, 3.05) is 0 Å². The highest BCUT2D eigenvalue weighted by Gasteiger charge is 2.20. The zero-order valence-electron chi connectivity index (χ0n) is 8.48. The third-order valence-electron chi connectivity index (χ3n) is 2.21. The van der Waals surface area contributed by atoms with Gasteiger partial charge >= 0.3 is 5.97 Å². The van der Waals surface area contributed by atoms with Gasteiger partial charge in [0.2, 0.25) is 0 Å². The largest absolute Gasteiger partial charge is 0.477 e. The summed E-state index contributed by atoms with van der Waals surface area (Å²) in [7, 11) is 0. The second kappa shape index (κ2) is 4.05. The predicted molar refractivity (Wildman–Crippen MR) is 57.2 cm³/mol. The van der Waals surface area contributed by atoms with Crippen LogP contribution < -0.4 is 0 Å². The molecule has 0 aliphatic heterocycles. The van der Waals surface area contributed by atoms with Crippen LogP contribution in [0.15, 0.2) is 36.9 Å². The van der Waals surface area contributed by atoms with Crippen molar-refractivity contribution < 1.29 is 14.8 Å². The average molecular weight is 233 g/mol. The Morgan fingerprint density at radius 2 is 2.24 bits per heavy atom. The Labute approximate surface area is 95.1 Å². The van der Waals surface area contributed by atoms with Crippen LogP contribution in [0.1, 0.15) is 10.4 Å². The van der Waals surface area contributed by atoms with Crippen molar-refractivity contribution in [1.29, 1.82) is 0 Å². The van der Waals surface area contributed by atoms with Crippen LogP contribution in [0.3, 0.4) is 0 Å². The summed E-state index contributed by atoms with van der Waals surface area (Å²) in [6.07, 6.45) is 4.63. The van der Waals surface area contributed by atoms with Crippen molar-refractivity contribution in [1.82, 2.24) is 9.55 Å². The zero-order valence-corrected chi connectivity index (χ0v) is 8.48. The smallest absolute Gasteiger partial charge is 0.342 e. The van der Waals surface area contributed by atoms with Crippen molar-refractivity contribution in [3.63, 3.8) is 0 Å². The first kappa shape index (κ1) is 10.8. The molecule has 0 aliphatic carbocycles. The Hall–Kier alpha value is -2.70. The summed E-state index contributed by atoms with van der Waals surface area (Å²) in [6, 6.07) is 3.87. The Balaban J connectivity index is 2.57. The van der Waals surface area contributed by atoms with Gasteiger partial charge in [-0.05, 0) is 12.1 Å². The number of carbonyl (C=O) groups is 1. The number of nitrogens with zero attached hydrogens (tertiary/aromatic N) is 3. The van der Waals surface area contributed by atoms with E-state index in [0.29, 0.717) is 5.69 Å². The Kier molecular flexibility index (Phi) is 2.57. The number of benzene rings is 1. The normalized spacial score (nSPS) is 10.1. The number of aromatic nitrogens is 2. The van der Waals surface area contributed by atoms with Gasteiger partial charge in [-0.25, -0.2) is 9.78 Å². The molecule has 1 heterocycles. The molecule has 0 fully saturated rings. The van der Waals surface area contributed by atoms with Crippen LogP contribution >= 0.6 is 0 Å². The van der Waals surface area contributed by atoms with Crippen molar-refractivity contribution >= 4 is 11.7 Å². The van der Waals surface area contributed by atoms with Crippen LogP contribution in [-0.4, -0.2) is 25.6 Å². The average Bonchev–Trinajstić information content (AvgIpc) is 2.81. The molecule has 0 aliphatic rings. The van der Waals surface area contributed by atoms with E-state index in [1.165, 1.54) is 30.7 Å². The van der Waals surface area contributed by atoms with E-state index in [9.17, 15) is 14.9 Å². The number of nitro groups is 1. The molecule has 0 amide bonds. The molecular weight excluding hydrogens is 226 g/mol. The first-order valence-electron chi connectivity index (χ1n) is 4.59. The van der Waals surface area contributed by atoms with Gasteiger partial charge in [0.05, 0.1) is 11.3 Å². The molecule has 0 bridgehead atoms. The van der Waals surface area contributed by atoms with Crippen molar-refractivity contribution in [2.24, 2.45) is 0 Å². The second-order valence-electron chi connectivity index (χ2n) is 3.23. The molecule has 0 unspecified atom stereocenters. The monoisotopic (exact) mass is 233 g/mol. The van der Waals surface area contributed by atoms with Crippen LogP contribution in [0, 0.1) is 10.1 Å². The fourth-order valence-corrected chi connectivity index (χ4v) is 1.43. The van der Waals surface area contributed by atoms with Crippen LogP contribution in [-0.2, 0) is 0 Å². The molecule has 1 aromatic heterocycles. The lowest BCUT2D eigenvalue weighted by molar-refractivity contribution is -0.385. The number of carboxylic acids is 1. The minimum Gasteiger partial charge on any atom is -0.477 e. The molecule has 0 saturated carbocycles. The van der Waals surface area contributed by atoms with Crippen LogP contribution in [0.2, 0.25) is 0 Å². The third-order valence-corrected chi connectivity index (χ3v) is 2.21. The summed E-state index contributed by atoms with van der Waals surface area (Å²) in [5.41, 5.74) is -0.270. The molecule has 2 aromatic rings. The highest BCUT2D eigenvalue weighted by molar-refractivity contribution is 5.93. The van der Waals surface area contributed by atoms with Crippen molar-refractivity contribution in [2.45, 2.75) is 0 Å². The second-order valence-corrected chi connectivity index (χ2v) is 3.23. The summed E-state index contributed by atoms with van der Waals surface area (Å²) in [6.45, 7) is 0. The molecule has 7 nitrogen and oxygen atoms in total. The van der Waals surface area contributed by atoms with Crippen molar-refractivity contribution in [3.8, 4) is 5.69 Å². The number of nitro benzene ring substituents is 1. The first-order chi connectivity index (χ1) is 8.09. The maximum absolute atomic E-state index is 10.9. The van der Waals surface area contributed by atoms with E-state index in [1.54, 1.807) is 10.8 Å². The molecule has 0 spiro atoms. The number of rotatable bonds is 3. The Bertz CT molecular complexity index is 577. The maximum atomic E-state index is 10.9. The van der Waals surface area contributed by atoms with E-state index in [0.717, 1.165) is 0 Å². The van der Waals surface area contributed by atoms with Crippen LogP contribution in [0.5, 0.6) is 0 Å². The molecule has 17 heavy (non-hydrogen) atoms. The summed E-state index contributed by atoms with van der Waals surface area (Å²) in [5, 5.41) is 19.6. The summed E-state index contributed by atoms with van der Waals surface area (Å²) < 4.78 is 1.57. The van der Waals surface area contributed by atoms with E-state index < -0.39 is 16.6 Å². The van der Waals surface area contributed by atoms with E-state index in [-0.39, 0.29) is 5.56 Å². The highest BCUT2D eigenvalue weighted by Crippen LogP contribution is 2.21. The number of imidazole rings is 1. The van der Waals surface area contributed by atoms with Crippen molar-refractivity contribution in [3.05, 3.63) is 52.6 Å². The molecular formula is C10H7N3O4. The van der Waals surface area contributed by atoms with Gasteiger partial charge in [0, 0.05) is 24.1 Å². The Morgan fingerprint density at radius 3 is 2.76 bits per heavy atom. The molecule has 2 rings (SSSR count). The predicted octanol–water partition coefficient (Wildman–Crippen LogP) is 1.48. The van der Waals surface area contributed by atoms with E-state index in [2.05, 4.69) is 4.98 Å². The van der Waals surface area contributed by atoms with E-state index >= 15 is 0 Å². The third kappa shape index (κ3) is 1.98. The topological polar surface area (TPSA) is 98.3 Å². The summed E-state index contributed by atoms with van der Waals surface area (Å²) in [4.78, 5) is 24.7. The molecule has 7 heteroatoms. The number of carboxylic acid groups (broad SMARTS) is 1. The summed E-state index contributed by atoms with van der Waals surface area (Å²) >= 11 is 0. The van der Waals surface area contributed by atoms with Gasteiger partial charge < -0.3 is 9.67 Å². The van der Waals surface area contributed by atoms with Gasteiger partial charge in [-0.3, -0.25) is 10.1 Å². The number of hydrogen-bond donors (Lipinski definition) is 1. The fraction of sp³-hybridized carbons (Fsp3) is 0. The standard InChI is InChI=1S/C10H7N3O4/c14-10(15)8-5-7(12-4-3-11-6-12)1-2-9(8)13(16)17/h1-6H,(H,14,15). The lowest BCUT2D eigenvalue weighted by Crippen LogP contribution is -2.04. The Morgan fingerprint density at radius 1 is 1.47 bits per heavy atom. The highest BCUT2D eigenvalue weighted by atomic mass is 16.6. The number of aromatic carboxylic acids is 1. The molecule has 1 aromatic carbocycles. The van der Waals surface area contributed by atoms with Gasteiger partial charge in [0.1, 0.15) is 5.56 Å². The van der Waals surface area contributed by atoms with Crippen LogP contribution in [0.4, 0.5) is 5.69 Å². The molecule has 0 saturated heterocycles. The molecule has 1 N–H and O–H groups in total. The van der Waals surface area contributed by atoms with Gasteiger partial charge in [0.25, 0.3) is 5.69 Å². The molecule has 0 atom stereocenters. The lowest BCUT2D eigenvalue weighted by Gasteiger charge is -2.03. The van der Waals surface area contributed by atoms with E-state index in [1.807, 2.05) is 0 Å². The zero-order chi connectivity index (χ0) is 12.4. The summed E-state index contributed by atoms with van der Waals surface area (Å²) in [5.74, 6) is -1.33. The van der Waals surface area contributed by atoms with E-state index in [4.69, 9.17) is 5.11 Å². The van der Waals surface area contributed by atoms with Gasteiger partial charge in [-0.1, -0.05) is 0 Å². The maximum Gasteiger partial charge on any atom is 0.342 e. The first-order valence-corrected chi connectivity index (χ1v) is 4.59. The minimum atomic E-state index is -1.33.